The lowest BCUT2D eigenvalue weighted by atomic mass is 10.1. The molecule has 0 saturated heterocycles. The van der Waals surface area contributed by atoms with Crippen molar-refractivity contribution in [3.63, 3.8) is 0 Å². The van der Waals surface area contributed by atoms with Crippen LogP contribution in [0.4, 0.5) is 0 Å². The molecule has 28 heavy (non-hydrogen) atoms. The summed E-state index contributed by atoms with van der Waals surface area (Å²) in [7, 11) is 0. The minimum Gasteiger partial charge on any atom is -0.508 e. The number of fused-ring (bicyclic) bond motifs is 1. The molecule has 2 aromatic heterocycles. The summed E-state index contributed by atoms with van der Waals surface area (Å²) in [6.07, 6.45) is 0.644. The summed E-state index contributed by atoms with van der Waals surface area (Å²) < 4.78 is 4.45. The fraction of sp³-hybridized carbons (Fsp3) is 0.250. The van der Waals surface area contributed by atoms with Gasteiger partial charge in [-0.15, -0.1) is 5.10 Å². The Morgan fingerprint density at radius 2 is 1.89 bits per heavy atom. The molecule has 0 bridgehead atoms. The average molecular weight is 396 g/mol. The Balaban J connectivity index is 1.96. The maximum Gasteiger partial charge on any atom is 0.328 e. The first kappa shape index (κ1) is 18.2. The zero-order valence-corrected chi connectivity index (χ0v) is 16.8. The molecule has 0 radical (unpaired) electrons. The molecule has 7 nitrogen and oxygen atoms in total. The minimum atomic E-state index is -0.0239. The monoisotopic (exact) mass is 396 g/mol. The molecule has 0 fully saturated rings. The number of hydrogen-bond acceptors (Lipinski definition) is 4. The number of phenolic OH excluding ortho intramolecular Hbond substituents is 2. The Bertz CT molecular complexity index is 1250. The number of aromatic amines is 2. The highest BCUT2D eigenvalue weighted by atomic mass is 32.1. The van der Waals surface area contributed by atoms with E-state index in [4.69, 9.17) is 12.2 Å². The van der Waals surface area contributed by atoms with Crippen molar-refractivity contribution < 1.29 is 14.8 Å². The lowest BCUT2D eigenvalue weighted by molar-refractivity contribution is -0.591. The van der Waals surface area contributed by atoms with Crippen LogP contribution in [0.15, 0.2) is 30.3 Å². The number of aromatic hydroxyl groups is 2. The third kappa shape index (κ3) is 2.77. The fourth-order valence-corrected chi connectivity index (χ4v) is 3.87. The molecule has 0 atom stereocenters. The average Bonchev–Trinajstić information content (AvgIpc) is 3.20. The first-order valence-corrected chi connectivity index (χ1v) is 9.60. The van der Waals surface area contributed by atoms with Crippen LogP contribution >= 0.6 is 12.2 Å². The van der Waals surface area contributed by atoms with Crippen molar-refractivity contribution in [2.45, 2.75) is 33.7 Å². The van der Waals surface area contributed by atoms with Crippen LogP contribution in [0.25, 0.3) is 28.1 Å². The van der Waals surface area contributed by atoms with Crippen molar-refractivity contribution in [3.05, 3.63) is 46.5 Å². The highest BCUT2D eigenvalue weighted by molar-refractivity contribution is 7.71. The molecule has 0 spiro atoms. The van der Waals surface area contributed by atoms with Crippen LogP contribution in [-0.4, -0.2) is 30.0 Å². The van der Waals surface area contributed by atoms with Crippen molar-refractivity contribution in [2.75, 3.05) is 0 Å². The Hall–Kier alpha value is -3.13. The highest BCUT2D eigenvalue weighted by Crippen LogP contribution is 2.33. The summed E-state index contributed by atoms with van der Waals surface area (Å²) in [5.74, 6) is 1.62. The molecule has 0 aliphatic rings. The number of nitrogens with zero attached hydrogens (tertiary/aromatic N) is 3. The van der Waals surface area contributed by atoms with Crippen LogP contribution in [0.1, 0.15) is 25.2 Å². The summed E-state index contributed by atoms with van der Waals surface area (Å²) in [5.41, 5.74) is 4.11. The summed E-state index contributed by atoms with van der Waals surface area (Å²) in [5, 5.41) is 26.5. The predicted molar refractivity (Wildman–Crippen MR) is 109 cm³/mol. The van der Waals surface area contributed by atoms with Crippen LogP contribution in [0.3, 0.4) is 0 Å². The molecule has 4 rings (SSSR count). The van der Waals surface area contributed by atoms with E-state index in [1.54, 1.807) is 6.07 Å². The van der Waals surface area contributed by atoms with E-state index in [0.717, 1.165) is 34.7 Å². The second-order valence-electron chi connectivity index (χ2n) is 6.67. The van der Waals surface area contributed by atoms with Crippen LogP contribution in [0.5, 0.6) is 11.5 Å². The third-order valence-electron chi connectivity index (χ3n) is 5.04. The van der Waals surface area contributed by atoms with Gasteiger partial charge in [0.05, 0.1) is 16.6 Å². The van der Waals surface area contributed by atoms with E-state index >= 15 is 0 Å². The second-order valence-corrected chi connectivity index (χ2v) is 7.05. The molecule has 4 aromatic rings. The number of phenols is 2. The van der Waals surface area contributed by atoms with Gasteiger partial charge < -0.3 is 14.8 Å². The van der Waals surface area contributed by atoms with Crippen molar-refractivity contribution >= 4 is 23.3 Å². The molecule has 4 N–H and O–H groups in total. The molecule has 0 aliphatic heterocycles. The highest BCUT2D eigenvalue weighted by Gasteiger charge is 2.22. The molecule has 0 unspecified atom stereocenters. The zero-order chi connectivity index (χ0) is 20.0. The second kappa shape index (κ2) is 6.79. The maximum atomic E-state index is 10.4. The number of imidazole rings is 1. The van der Waals surface area contributed by atoms with Gasteiger partial charge in [0.25, 0.3) is 5.82 Å². The maximum absolute atomic E-state index is 10.4. The normalized spacial score (nSPS) is 11.4. The molecular weight excluding hydrogens is 374 g/mol. The van der Waals surface area contributed by atoms with E-state index in [1.807, 2.05) is 36.6 Å². The van der Waals surface area contributed by atoms with Crippen LogP contribution in [0, 0.1) is 11.7 Å². The van der Waals surface area contributed by atoms with Crippen molar-refractivity contribution in [1.82, 2.24) is 19.7 Å². The quantitative estimate of drug-likeness (QED) is 0.313. The van der Waals surface area contributed by atoms with Crippen molar-refractivity contribution in [3.8, 4) is 28.6 Å². The number of aromatic nitrogens is 5. The van der Waals surface area contributed by atoms with Gasteiger partial charge in [0, 0.05) is 18.7 Å². The molecule has 0 aliphatic carbocycles. The summed E-state index contributed by atoms with van der Waals surface area (Å²) >= 11 is 5.50. The Morgan fingerprint density at radius 1 is 1.11 bits per heavy atom. The Kier molecular flexibility index (Phi) is 4.43. The summed E-state index contributed by atoms with van der Waals surface area (Å²) in [6.45, 7) is 6.85. The molecule has 2 aromatic carbocycles. The first-order chi connectivity index (χ1) is 13.4. The number of H-pyrrole nitrogens is 2. The topological polar surface area (TPSA) is 93.7 Å². The van der Waals surface area contributed by atoms with Crippen molar-refractivity contribution in [2.24, 2.45) is 0 Å². The number of benzene rings is 2. The van der Waals surface area contributed by atoms with Crippen LogP contribution in [0.2, 0.25) is 0 Å². The predicted octanol–water partition coefficient (Wildman–Crippen LogP) is 3.67. The van der Waals surface area contributed by atoms with E-state index in [0.29, 0.717) is 22.6 Å². The van der Waals surface area contributed by atoms with E-state index in [1.165, 1.54) is 6.07 Å². The molecule has 8 heteroatoms. The van der Waals surface area contributed by atoms with Gasteiger partial charge in [-0.05, 0) is 56.2 Å². The lowest BCUT2D eigenvalue weighted by Gasteiger charge is -2.08. The zero-order valence-electron chi connectivity index (χ0n) is 15.9. The van der Waals surface area contributed by atoms with Gasteiger partial charge in [-0.3, -0.25) is 0 Å². The third-order valence-corrected chi connectivity index (χ3v) is 5.33. The number of aryl methyl sites for hydroxylation is 3. The van der Waals surface area contributed by atoms with Gasteiger partial charge in [0.1, 0.15) is 23.0 Å². The minimum absolute atomic E-state index is 0.0239. The van der Waals surface area contributed by atoms with Gasteiger partial charge in [-0.25, -0.2) is 4.98 Å². The summed E-state index contributed by atoms with van der Waals surface area (Å²) in [4.78, 5) is 4.60. The standard InChI is InChI=1S/C20H21N5O2S/c1-4-12-8-14(18(27)10-17(12)26)19-22-23-20(28)25(19)13-6-7-15-16(9-13)24(5-2)11(3)21-15/h6-10H,4-5H2,1-3H3,(H3,22,23,26,27,28)/p+1. The fourth-order valence-electron chi connectivity index (χ4n) is 3.62. The van der Waals surface area contributed by atoms with Crippen LogP contribution in [-0.2, 0) is 13.0 Å². The van der Waals surface area contributed by atoms with E-state index < -0.39 is 0 Å². The van der Waals surface area contributed by atoms with Gasteiger partial charge in [-0.2, -0.15) is 9.67 Å². The largest absolute Gasteiger partial charge is 0.508 e. The molecule has 2 heterocycles. The molecular formula is C20H22N5O2S+. The van der Waals surface area contributed by atoms with Gasteiger partial charge >= 0.3 is 4.77 Å². The number of nitrogens with one attached hydrogen (secondary N) is 2. The summed E-state index contributed by atoms with van der Waals surface area (Å²) in [6, 6.07) is 9.10. The molecule has 0 saturated carbocycles. The molecule has 0 amide bonds. The Labute approximate surface area is 166 Å². The first-order valence-electron chi connectivity index (χ1n) is 9.19. The number of rotatable bonds is 4. The molecule has 144 valence electrons. The SMILES string of the molecule is CCc1cc(-c2[nH][nH]c(=S)[n+]2-c2ccc3nc(C)n(CC)c3c2)c(O)cc1O. The van der Waals surface area contributed by atoms with Gasteiger partial charge in [0.15, 0.2) is 0 Å². The van der Waals surface area contributed by atoms with Crippen LogP contribution < -0.4 is 4.57 Å². The van der Waals surface area contributed by atoms with Crippen molar-refractivity contribution in [1.29, 1.82) is 0 Å². The van der Waals surface area contributed by atoms with Gasteiger partial charge in [-0.1, -0.05) is 6.92 Å². The van der Waals surface area contributed by atoms with E-state index in [-0.39, 0.29) is 11.5 Å². The number of hydrogen-bond donors (Lipinski definition) is 4. The lowest BCUT2D eigenvalue weighted by Crippen LogP contribution is -2.32. The van der Waals surface area contributed by atoms with E-state index in [9.17, 15) is 10.2 Å². The Morgan fingerprint density at radius 3 is 2.61 bits per heavy atom. The van der Waals surface area contributed by atoms with E-state index in [2.05, 4.69) is 26.7 Å². The van der Waals surface area contributed by atoms with Gasteiger partial charge in [0.2, 0.25) is 0 Å². The smallest absolute Gasteiger partial charge is 0.328 e.